The van der Waals surface area contributed by atoms with E-state index in [2.05, 4.69) is 26.6 Å². The Balaban J connectivity index is 1.49. The summed E-state index contributed by atoms with van der Waals surface area (Å²) in [5, 5.41) is 5.59. The minimum atomic E-state index is -0.305. The number of benzene rings is 2. The fourth-order valence-electron chi connectivity index (χ4n) is 2.56. The average molecular weight is 409 g/mol. The molecule has 1 unspecified atom stereocenters. The minimum absolute atomic E-state index is 0.197. The highest BCUT2D eigenvalue weighted by Gasteiger charge is 2.16. The highest BCUT2D eigenvalue weighted by atomic mass is 79.9. The smallest absolute Gasteiger partial charge is 0.315 e. The molecule has 2 aromatic carbocycles. The first kappa shape index (κ1) is 17.5. The summed E-state index contributed by atoms with van der Waals surface area (Å²) >= 11 is 3.31. The molecule has 1 aliphatic rings. The van der Waals surface area contributed by atoms with Gasteiger partial charge in [-0.2, -0.15) is 0 Å². The van der Waals surface area contributed by atoms with Gasteiger partial charge in [-0.1, -0.05) is 22.0 Å². The van der Waals surface area contributed by atoms with Crippen molar-refractivity contribution in [2.75, 3.05) is 13.3 Å². The number of fused-ring (bicyclic) bond motifs is 1. The molecule has 2 amide bonds. The largest absolute Gasteiger partial charge is 0.454 e. The Labute approximate surface area is 153 Å². The Hall–Kier alpha value is -2.28. The molecular weight excluding hydrogens is 391 g/mol. The van der Waals surface area contributed by atoms with E-state index in [9.17, 15) is 9.18 Å². The van der Waals surface area contributed by atoms with E-state index >= 15 is 0 Å². The standard InChI is InChI=1S/C18H18BrFN2O3/c1-11(12-2-5-16-17(9-12)25-10-24-16)22-18(23)21-7-6-13-8-14(19)3-4-15(13)20/h2-5,8-9,11H,6-7,10H2,1H3,(H2,21,22,23). The lowest BCUT2D eigenvalue weighted by atomic mass is 10.1. The predicted molar refractivity (Wildman–Crippen MR) is 95.3 cm³/mol. The van der Waals surface area contributed by atoms with Gasteiger partial charge in [-0.05, 0) is 54.8 Å². The second-order valence-electron chi connectivity index (χ2n) is 5.72. The van der Waals surface area contributed by atoms with Gasteiger partial charge in [0.1, 0.15) is 5.82 Å². The van der Waals surface area contributed by atoms with E-state index in [4.69, 9.17) is 9.47 Å². The number of ether oxygens (including phenoxy) is 2. The molecule has 0 fully saturated rings. The number of urea groups is 1. The van der Waals surface area contributed by atoms with Crippen molar-refractivity contribution in [3.05, 3.63) is 57.8 Å². The third-order valence-corrected chi connectivity index (χ3v) is 4.43. The van der Waals surface area contributed by atoms with E-state index in [1.807, 2.05) is 25.1 Å². The maximum atomic E-state index is 13.7. The summed E-state index contributed by atoms with van der Waals surface area (Å²) in [5.41, 5.74) is 1.47. The first-order valence-corrected chi connectivity index (χ1v) is 8.70. The van der Waals surface area contributed by atoms with Crippen molar-refractivity contribution in [2.24, 2.45) is 0 Å². The first-order chi connectivity index (χ1) is 12.0. The van der Waals surface area contributed by atoms with Crippen LogP contribution in [-0.2, 0) is 6.42 Å². The lowest BCUT2D eigenvalue weighted by Crippen LogP contribution is -2.38. The fourth-order valence-corrected chi connectivity index (χ4v) is 2.97. The molecule has 2 N–H and O–H groups in total. The van der Waals surface area contributed by atoms with Crippen molar-refractivity contribution in [3.63, 3.8) is 0 Å². The Morgan fingerprint density at radius 2 is 2.04 bits per heavy atom. The zero-order valence-corrected chi connectivity index (χ0v) is 15.2. The summed E-state index contributed by atoms with van der Waals surface area (Å²) in [4.78, 5) is 12.0. The molecular formula is C18H18BrFN2O3. The van der Waals surface area contributed by atoms with Crippen LogP contribution in [0.4, 0.5) is 9.18 Å². The van der Waals surface area contributed by atoms with Crippen LogP contribution >= 0.6 is 15.9 Å². The molecule has 7 heteroatoms. The van der Waals surface area contributed by atoms with Crippen LogP contribution in [0.1, 0.15) is 24.1 Å². The summed E-state index contributed by atoms with van der Waals surface area (Å²) < 4.78 is 25.1. The molecule has 25 heavy (non-hydrogen) atoms. The molecule has 0 saturated heterocycles. The Morgan fingerprint density at radius 3 is 2.88 bits per heavy atom. The summed E-state index contributed by atoms with van der Waals surface area (Å²) in [6.07, 6.45) is 0.414. The van der Waals surface area contributed by atoms with Gasteiger partial charge < -0.3 is 20.1 Å². The molecule has 0 aliphatic carbocycles. The number of halogens is 2. The topological polar surface area (TPSA) is 59.6 Å². The van der Waals surface area contributed by atoms with Gasteiger partial charge in [0, 0.05) is 11.0 Å². The van der Waals surface area contributed by atoms with E-state index in [1.54, 1.807) is 12.1 Å². The Morgan fingerprint density at radius 1 is 1.24 bits per heavy atom. The van der Waals surface area contributed by atoms with Gasteiger partial charge in [-0.15, -0.1) is 0 Å². The number of nitrogens with one attached hydrogen (secondary N) is 2. The van der Waals surface area contributed by atoms with Gasteiger partial charge in [-0.3, -0.25) is 0 Å². The number of hydrogen-bond donors (Lipinski definition) is 2. The maximum Gasteiger partial charge on any atom is 0.315 e. The first-order valence-electron chi connectivity index (χ1n) is 7.91. The number of hydrogen-bond acceptors (Lipinski definition) is 3. The number of amides is 2. The van der Waals surface area contributed by atoms with E-state index in [1.165, 1.54) is 6.07 Å². The van der Waals surface area contributed by atoms with Crippen molar-refractivity contribution in [3.8, 4) is 11.5 Å². The molecule has 0 bridgehead atoms. The maximum absolute atomic E-state index is 13.7. The quantitative estimate of drug-likeness (QED) is 0.787. The second-order valence-corrected chi connectivity index (χ2v) is 6.64. The third-order valence-electron chi connectivity index (χ3n) is 3.93. The van der Waals surface area contributed by atoms with Crippen molar-refractivity contribution in [1.82, 2.24) is 10.6 Å². The minimum Gasteiger partial charge on any atom is -0.454 e. The zero-order chi connectivity index (χ0) is 17.8. The molecule has 1 heterocycles. The van der Waals surface area contributed by atoms with Crippen LogP contribution in [0.3, 0.4) is 0 Å². The van der Waals surface area contributed by atoms with E-state index < -0.39 is 0 Å². The molecule has 0 saturated carbocycles. The molecule has 132 valence electrons. The van der Waals surface area contributed by atoms with Crippen LogP contribution in [0.15, 0.2) is 40.9 Å². The van der Waals surface area contributed by atoms with Gasteiger partial charge in [0.2, 0.25) is 6.79 Å². The number of carbonyl (C=O) groups excluding carboxylic acids is 1. The van der Waals surface area contributed by atoms with Crippen LogP contribution < -0.4 is 20.1 Å². The van der Waals surface area contributed by atoms with Gasteiger partial charge in [0.25, 0.3) is 0 Å². The van der Waals surface area contributed by atoms with Gasteiger partial charge in [0.15, 0.2) is 11.5 Å². The molecule has 2 aromatic rings. The van der Waals surface area contributed by atoms with Gasteiger partial charge in [-0.25, -0.2) is 9.18 Å². The van der Waals surface area contributed by atoms with Crippen LogP contribution in [0, 0.1) is 5.82 Å². The Kier molecular flexibility index (Phi) is 5.43. The monoisotopic (exact) mass is 408 g/mol. The van der Waals surface area contributed by atoms with Crippen LogP contribution in [0.2, 0.25) is 0 Å². The third kappa shape index (κ3) is 4.42. The summed E-state index contributed by atoms with van der Waals surface area (Å²) in [6.45, 7) is 2.44. The van der Waals surface area contributed by atoms with Crippen LogP contribution in [-0.4, -0.2) is 19.4 Å². The summed E-state index contributed by atoms with van der Waals surface area (Å²) in [7, 11) is 0. The van der Waals surface area contributed by atoms with E-state index in [0.29, 0.717) is 30.0 Å². The highest BCUT2D eigenvalue weighted by Crippen LogP contribution is 2.34. The fraction of sp³-hybridized carbons (Fsp3) is 0.278. The van der Waals surface area contributed by atoms with Gasteiger partial charge in [0.05, 0.1) is 6.04 Å². The predicted octanol–water partition coefficient (Wildman–Crippen LogP) is 3.92. The number of rotatable bonds is 5. The molecule has 1 atom stereocenters. The lowest BCUT2D eigenvalue weighted by molar-refractivity contribution is 0.174. The van der Waals surface area contributed by atoms with Crippen molar-refractivity contribution >= 4 is 22.0 Å². The molecule has 1 aliphatic heterocycles. The van der Waals surface area contributed by atoms with Crippen molar-refractivity contribution in [1.29, 1.82) is 0 Å². The van der Waals surface area contributed by atoms with Crippen LogP contribution in [0.5, 0.6) is 11.5 Å². The lowest BCUT2D eigenvalue weighted by Gasteiger charge is -2.15. The van der Waals surface area contributed by atoms with E-state index in [0.717, 1.165) is 10.0 Å². The SMILES string of the molecule is CC(NC(=O)NCCc1cc(Br)ccc1F)c1ccc2c(c1)OCO2. The summed E-state index contributed by atoms with van der Waals surface area (Å²) in [5.74, 6) is 1.10. The molecule has 0 spiro atoms. The average Bonchev–Trinajstić information content (AvgIpc) is 3.05. The molecule has 0 aromatic heterocycles. The zero-order valence-electron chi connectivity index (χ0n) is 13.6. The molecule has 0 radical (unpaired) electrons. The van der Waals surface area contributed by atoms with Crippen LogP contribution in [0.25, 0.3) is 0 Å². The second kappa shape index (κ2) is 7.74. The van der Waals surface area contributed by atoms with Crippen molar-refractivity contribution in [2.45, 2.75) is 19.4 Å². The van der Waals surface area contributed by atoms with E-state index in [-0.39, 0.29) is 24.7 Å². The summed E-state index contributed by atoms with van der Waals surface area (Å²) in [6, 6.07) is 9.82. The Bertz CT molecular complexity index is 785. The molecule has 3 rings (SSSR count). The normalized spacial score (nSPS) is 13.4. The van der Waals surface area contributed by atoms with Crippen molar-refractivity contribution < 1.29 is 18.7 Å². The highest BCUT2D eigenvalue weighted by molar-refractivity contribution is 9.10. The number of carbonyl (C=O) groups is 1. The molecule has 5 nitrogen and oxygen atoms in total. The van der Waals surface area contributed by atoms with Gasteiger partial charge >= 0.3 is 6.03 Å².